The van der Waals surface area contributed by atoms with E-state index in [1.54, 1.807) is 12.1 Å². The Morgan fingerprint density at radius 2 is 2.00 bits per heavy atom. The Morgan fingerprint density at radius 1 is 1.28 bits per heavy atom. The summed E-state index contributed by atoms with van der Waals surface area (Å²) < 4.78 is 12.7. The minimum absolute atomic E-state index is 0.173. The molecule has 0 saturated heterocycles. The maximum absolute atomic E-state index is 12.7. The molecule has 1 heterocycles. The van der Waals surface area contributed by atoms with Gasteiger partial charge in [0.25, 0.3) is 0 Å². The maximum Gasteiger partial charge on any atom is 0.335 e. The molecule has 18 heavy (non-hydrogen) atoms. The summed E-state index contributed by atoms with van der Waals surface area (Å²) >= 11 is 0. The van der Waals surface area contributed by atoms with Crippen molar-refractivity contribution in [3.05, 3.63) is 59.5 Å². The van der Waals surface area contributed by atoms with Gasteiger partial charge in [0.15, 0.2) is 0 Å². The topological polar surface area (TPSA) is 62.2 Å². The van der Waals surface area contributed by atoms with Crippen LogP contribution in [-0.4, -0.2) is 16.1 Å². The highest BCUT2D eigenvalue weighted by Gasteiger charge is 2.03. The first-order valence-electron chi connectivity index (χ1n) is 5.33. The van der Waals surface area contributed by atoms with Crippen LogP contribution in [0.25, 0.3) is 0 Å². The number of carbonyl (C=O) groups is 1. The lowest BCUT2D eigenvalue weighted by molar-refractivity contribution is 0.0697. The first kappa shape index (κ1) is 12.0. The van der Waals surface area contributed by atoms with E-state index in [0.29, 0.717) is 12.4 Å². The van der Waals surface area contributed by atoms with Gasteiger partial charge in [0.05, 0.1) is 5.56 Å². The van der Waals surface area contributed by atoms with Crippen LogP contribution in [0.5, 0.6) is 0 Å². The summed E-state index contributed by atoms with van der Waals surface area (Å²) in [5, 5.41) is 11.8. The summed E-state index contributed by atoms with van der Waals surface area (Å²) in [7, 11) is 0. The number of halogens is 1. The number of aromatic carboxylic acids is 1. The monoisotopic (exact) mass is 246 g/mol. The Kier molecular flexibility index (Phi) is 3.52. The Hall–Kier alpha value is -2.43. The van der Waals surface area contributed by atoms with E-state index in [9.17, 15) is 9.18 Å². The van der Waals surface area contributed by atoms with E-state index in [1.165, 1.54) is 30.5 Å². The Bertz CT molecular complexity index is 555. The van der Waals surface area contributed by atoms with Gasteiger partial charge < -0.3 is 10.4 Å². The number of pyridine rings is 1. The average Bonchev–Trinajstić information content (AvgIpc) is 2.38. The van der Waals surface area contributed by atoms with Gasteiger partial charge in [-0.25, -0.2) is 14.2 Å². The Labute approximate surface area is 103 Å². The second-order valence-electron chi connectivity index (χ2n) is 3.71. The van der Waals surface area contributed by atoms with Crippen LogP contribution in [0.2, 0.25) is 0 Å². The highest BCUT2D eigenvalue weighted by Crippen LogP contribution is 2.09. The fourth-order valence-corrected chi connectivity index (χ4v) is 1.46. The van der Waals surface area contributed by atoms with Gasteiger partial charge in [-0.2, -0.15) is 0 Å². The van der Waals surface area contributed by atoms with Crippen molar-refractivity contribution in [1.82, 2.24) is 4.98 Å². The molecule has 0 radical (unpaired) electrons. The molecule has 0 saturated carbocycles. The molecule has 1 aromatic carbocycles. The summed E-state index contributed by atoms with van der Waals surface area (Å²) in [4.78, 5) is 14.8. The molecule has 0 aliphatic rings. The molecule has 0 atom stereocenters. The van der Waals surface area contributed by atoms with Crippen molar-refractivity contribution in [2.24, 2.45) is 0 Å². The number of benzene rings is 1. The van der Waals surface area contributed by atoms with Gasteiger partial charge in [0.2, 0.25) is 0 Å². The van der Waals surface area contributed by atoms with Crippen LogP contribution in [0.1, 0.15) is 15.9 Å². The number of carboxylic acids is 1. The van der Waals surface area contributed by atoms with Gasteiger partial charge in [-0.05, 0) is 29.8 Å². The Morgan fingerprint density at radius 3 is 2.67 bits per heavy atom. The molecular formula is C13H11FN2O2. The van der Waals surface area contributed by atoms with Crippen LogP contribution < -0.4 is 5.32 Å². The second-order valence-corrected chi connectivity index (χ2v) is 3.71. The van der Waals surface area contributed by atoms with E-state index in [4.69, 9.17) is 5.11 Å². The summed E-state index contributed by atoms with van der Waals surface area (Å²) in [5.74, 6) is -0.814. The molecule has 0 unspecified atom stereocenters. The van der Waals surface area contributed by atoms with Crippen molar-refractivity contribution in [2.75, 3.05) is 5.32 Å². The number of hydrogen-bond acceptors (Lipinski definition) is 3. The minimum Gasteiger partial charge on any atom is -0.478 e. The molecule has 2 N–H and O–H groups in total. The largest absolute Gasteiger partial charge is 0.478 e. The van der Waals surface area contributed by atoms with Crippen molar-refractivity contribution >= 4 is 11.8 Å². The standard InChI is InChI=1S/C13H11FN2O2/c14-11-3-1-9(2-4-11)8-16-12-7-10(13(17)18)5-6-15-12/h1-7H,8H2,(H,15,16)(H,17,18). The molecule has 1 aromatic heterocycles. The van der Waals surface area contributed by atoms with Gasteiger partial charge in [-0.1, -0.05) is 12.1 Å². The number of carboxylic acid groups (broad SMARTS) is 1. The molecule has 2 rings (SSSR count). The van der Waals surface area contributed by atoms with Crippen LogP contribution in [0.4, 0.5) is 10.2 Å². The van der Waals surface area contributed by atoms with Crippen LogP contribution in [0, 0.1) is 5.82 Å². The van der Waals surface area contributed by atoms with Gasteiger partial charge in [-0.15, -0.1) is 0 Å². The maximum atomic E-state index is 12.7. The minimum atomic E-state index is -0.998. The lowest BCUT2D eigenvalue weighted by Crippen LogP contribution is -2.03. The van der Waals surface area contributed by atoms with Gasteiger partial charge in [0, 0.05) is 12.7 Å². The number of hydrogen-bond donors (Lipinski definition) is 2. The van der Waals surface area contributed by atoms with Crippen LogP contribution in [0.3, 0.4) is 0 Å². The van der Waals surface area contributed by atoms with E-state index in [0.717, 1.165) is 5.56 Å². The molecule has 0 fully saturated rings. The van der Waals surface area contributed by atoms with Gasteiger partial charge in [-0.3, -0.25) is 0 Å². The fourth-order valence-electron chi connectivity index (χ4n) is 1.46. The third-order valence-corrected chi connectivity index (χ3v) is 2.39. The van der Waals surface area contributed by atoms with E-state index in [-0.39, 0.29) is 11.4 Å². The molecule has 0 spiro atoms. The predicted octanol–water partition coefficient (Wildman–Crippen LogP) is 2.53. The molecule has 0 amide bonds. The second kappa shape index (κ2) is 5.27. The zero-order chi connectivity index (χ0) is 13.0. The lowest BCUT2D eigenvalue weighted by Gasteiger charge is -2.06. The molecular weight excluding hydrogens is 235 g/mol. The summed E-state index contributed by atoms with van der Waals surface area (Å²) in [6.07, 6.45) is 1.43. The molecule has 0 aliphatic heterocycles. The van der Waals surface area contributed by atoms with Crippen molar-refractivity contribution in [3.8, 4) is 0 Å². The SMILES string of the molecule is O=C(O)c1ccnc(NCc2ccc(F)cc2)c1. The van der Waals surface area contributed by atoms with Gasteiger partial charge in [0.1, 0.15) is 11.6 Å². The normalized spacial score (nSPS) is 10.1. The van der Waals surface area contributed by atoms with E-state index < -0.39 is 5.97 Å². The average molecular weight is 246 g/mol. The molecule has 92 valence electrons. The van der Waals surface area contributed by atoms with E-state index >= 15 is 0 Å². The van der Waals surface area contributed by atoms with Gasteiger partial charge >= 0.3 is 5.97 Å². The number of aromatic nitrogens is 1. The molecule has 0 bridgehead atoms. The van der Waals surface area contributed by atoms with Crippen molar-refractivity contribution in [1.29, 1.82) is 0 Å². The van der Waals surface area contributed by atoms with Crippen molar-refractivity contribution in [2.45, 2.75) is 6.54 Å². The highest BCUT2D eigenvalue weighted by molar-refractivity contribution is 5.88. The number of nitrogens with zero attached hydrogens (tertiary/aromatic N) is 1. The first-order chi connectivity index (χ1) is 8.65. The van der Waals surface area contributed by atoms with Crippen LogP contribution >= 0.6 is 0 Å². The summed E-state index contributed by atoms with van der Waals surface area (Å²) in [6, 6.07) is 8.93. The van der Waals surface area contributed by atoms with Crippen LogP contribution in [0.15, 0.2) is 42.6 Å². The molecule has 2 aromatic rings. The number of nitrogens with one attached hydrogen (secondary N) is 1. The quantitative estimate of drug-likeness (QED) is 0.870. The summed E-state index contributed by atoms with van der Waals surface area (Å²) in [6.45, 7) is 0.455. The number of rotatable bonds is 4. The molecule has 0 aliphatic carbocycles. The fraction of sp³-hybridized carbons (Fsp3) is 0.0769. The van der Waals surface area contributed by atoms with Crippen molar-refractivity contribution in [3.63, 3.8) is 0 Å². The number of anilines is 1. The Balaban J connectivity index is 2.04. The van der Waals surface area contributed by atoms with Crippen LogP contribution in [-0.2, 0) is 6.54 Å². The van der Waals surface area contributed by atoms with E-state index in [1.807, 2.05) is 0 Å². The highest BCUT2D eigenvalue weighted by atomic mass is 19.1. The third-order valence-electron chi connectivity index (χ3n) is 2.39. The zero-order valence-electron chi connectivity index (χ0n) is 9.43. The summed E-state index contributed by atoms with van der Waals surface area (Å²) in [5.41, 5.74) is 1.06. The zero-order valence-corrected chi connectivity index (χ0v) is 9.43. The molecule has 5 heteroatoms. The predicted molar refractivity (Wildman–Crippen MR) is 64.9 cm³/mol. The van der Waals surface area contributed by atoms with Crippen molar-refractivity contribution < 1.29 is 14.3 Å². The lowest BCUT2D eigenvalue weighted by atomic mass is 10.2. The molecule has 4 nitrogen and oxygen atoms in total. The first-order valence-corrected chi connectivity index (χ1v) is 5.33. The third kappa shape index (κ3) is 3.04. The smallest absolute Gasteiger partial charge is 0.335 e. The van der Waals surface area contributed by atoms with E-state index in [2.05, 4.69) is 10.3 Å².